The maximum absolute atomic E-state index is 12.3. The molecule has 0 aliphatic heterocycles. The van der Waals surface area contributed by atoms with Gasteiger partial charge in [0, 0.05) is 13.1 Å². The van der Waals surface area contributed by atoms with E-state index < -0.39 is 0 Å². The van der Waals surface area contributed by atoms with E-state index in [2.05, 4.69) is 6.92 Å². The van der Waals surface area contributed by atoms with E-state index in [0.29, 0.717) is 32.7 Å². The molecule has 0 saturated heterocycles. The average molecular weight is 321 g/mol. The summed E-state index contributed by atoms with van der Waals surface area (Å²) in [6.07, 6.45) is 2.47. The molecule has 1 amide bonds. The van der Waals surface area contributed by atoms with Crippen LogP contribution in [0, 0.1) is 0 Å². The molecule has 0 atom stereocenters. The fraction of sp³-hybridized carbons (Fsp3) is 0.556. The van der Waals surface area contributed by atoms with E-state index in [1.807, 2.05) is 30.3 Å². The van der Waals surface area contributed by atoms with Gasteiger partial charge in [-0.2, -0.15) is 0 Å². The lowest BCUT2D eigenvalue weighted by Gasteiger charge is -2.22. The Morgan fingerprint density at radius 3 is 2.43 bits per heavy atom. The second-order valence-corrected chi connectivity index (χ2v) is 5.20. The van der Waals surface area contributed by atoms with Crippen LogP contribution in [0.1, 0.15) is 39.5 Å². The van der Waals surface area contributed by atoms with Gasteiger partial charge in [0.05, 0.1) is 26.1 Å². The minimum absolute atomic E-state index is 0.0127. The third-order valence-corrected chi connectivity index (χ3v) is 3.35. The van der Waals surface area contributed by atoms with Crippen molar-refractivity contribution < 1.29 is 19.1 Å². The van der Waals surface area contributed by atoms with E-state index in [1.54, 1.807) is 11.8 Å². The van der Waals surface area contributed by atoms with Gasteiger partial charge in [-0.15, -0.1) is 0 Å². The number of nitrogens with zero attached hydrogens (tertiary/aromatic N) is 1. The highest BCUT2D eigenvalue weighted by molar-refractivity contribution is 5.77. The Morgan fingerprint density at radius 1 is 1.04 bits per heavy atom. The maximum atomic E-state index is 12.3. The first-order valence-corrected chi connectivity index (χ1v) is 8.28. The van der Waals surface area contributed by atoms with Crippen molar-refractivity contribution in [1.29, 1.82) is 0 Å². The molecule has 0 fully saturated rings. The Kier molecular flexibility index (Phi) is 9.52. The van der Waals surface area contributed by atoms with Crippen molar-refractivity contribution in [1.82, 2.24) is 4.90 Å². The van der Waals surface area contributed by atoms with Crippen LogP contribution in [0.2, 0.25) is 0 Å². The third kappa shape index (κ3) is 8.24. The molecule has 0 N–H and O–H groups in total. The minimum Gasteiger partial charge on any atom is -0.493 e. The number of carbonyl (C=O) groups is 2. The fourth-order valence-corrected chi connectivity index (χ4v) is 2.10. The first kappa shape index (κ1) is 19.0. The average Bonchev–Trinajstić information content (AvgIpc) is 2.56. The molecule has 0 aromatic heterocycles. The molecule has 1 rings (SSSR count). The van der Waals surface area contributed by atoms with E-state index in [0.717, 1.165) is 18.6 Å². The number of para-hydroxylation sites is 1. The van der Waals surface area contributed by atoms with Gasteiger partial charge < -0.3 is 14.4 Å². The number of rotatable bonds is 11. The third-order valence-electron chi connectivity index (χ3n) is 3.35. The van der Waals surface area contributed by atoms with Crippen LogP contribution in [0.25, 0.3) is 0 Å². The molecule has 5 nitrogen and oxygen atoms in total. The highest BCUT2D eigenvalue weighted by Gasteiger charge is 2.15. The van der Waals surface area contributed by atoms with Crippen LogP contribution < -0.4 is 4.74 Å². The normalized spacial score (nSPS) is 10.2. The molecule has 1 aromatic rings. The van der Waals surface area contributed by atoms with Gasteiger partial charge in [-0.1, -0.05) is 31.5 Å². The zero-order valence-electron chi connectivity index (χ0n) is 14.1. The molecular weight excluding hydrogens is 294 g/mol. The van der Waals surface area contributed by atoms with E-state index in [1.165, 1.54) is 0 Å². The van der Waals surface area contributed by atoms with Crippen LogP contribution in [-0.2, 0) is 14.3 Å². The predicted octanol–water partition coefficient (Wildman–Crippen LogP) is 3.04. The molecule has 0 bridgehead atoms. The van der Waals surface area contributed by atoms with Gasteiger partial charge in [-0.05, 0) is 25.5 Å². The van der Waals surface area contributed by atoms with Gasteiger partial charge in [-0.3, -0.25) is 9.59 Å². The van der Waals surface area contributed by atoms with Gasteiger partial charge in [0.1, 0.15) is 5.75 Å². The molecule has 0 aliphatic carbocycles. The number of amides is 1. The summed E-state index contributed by atoms with van der Waals surface area (Å²) in [6.45, 7) is 5.63. The molecule has 0 spiro atoms. The lowest BCUT2D eigenvalue weighted by atomic mass is 10.2. The van der Waals surface area contributed by atoms with Gasteiger partial charge >= 0.3 is 5.97 Å². The van der Waals surface area contributed by atoms with Crippen molar-refractivity contribution in [2.45, 2.75) is 39.5 Å². The molecule has 0 heterocycles. The van der Waals surface area contributed by atoms with Gasteiger partial charge in [0.15, 0.2) is 0 Å². The van der Waals surface area contributed by atoms with Crippen molar-refractivity contribution in [3.05, 3.63) is 30.3 Å². The van der Waals surface area contributed by atoms with Crippen molar-refractivity contribution in [3.63, 3.8) is 0 Å². The summed E-state index contributed by atoms with van der Waals surface area (Å²) in [7, 11) is 0. The molecule has 0 radical (unpaired) electrons. The van der Waals surface area contributed by atoms with Crippen LogP contribution in [0.4, 0.5) is 0 Å². The predicted molar refractivity (Wildman–Crippen MR) is 89.3 cm³/mol. The Morgan fingerprint density at radius 2 is 1.78 bits per heavy atom. The van der Waals surface area contributed by atoms with Crippen LogP contribution in [0.5, 0.6) is 5.75 Å². The quantitative estimate of drug-likeness (QED) is 0.588. The highest BCUT2D eigenvalue weighted by atomic mass is 16.5. The largest absolute Gasteiger partial charge is 0.493 e. The molecule has 23 heavy (non-hydrogen) atoms. The number of hydrogen-bond donors (Lipinski definition) is 0. The standard InChI is InChI=1S/C18H27NO4/c1-3-5-13-19(14-11-18(21)22-4-2)17(20)12-15-23-16-9-7-6-8-10-16/h6-10H,3-5,11-15H2,1-2H3. The van der Waals surface area contributed by atoms with Crippen molar-refractivity contribution >= 4 is 11.9 Å². The van der Waals surface area contributed by atoms with E-state index in [9.17, 15) is 9.59 Å². The monoisotopic (exact) mass is 321 g/mol. The summed E-state index contributed by atoms with van der Waals surface area (Å²) >= 11 is 0. The smallest absolute Gasteiger partial charge is 0.307 e. The molecule has 0 saturated carbocycles. The van der Waals surface area contributed by atoms with Crippen LogP contribution >= 0.6 is 0 Å². The molecule has 128 valence electrons. The van der Waals surface area contributed by atoms with Gasteiger partial charge in [0.2, 0.25) is 5.91 Å². The van der Waals surface area contributed by atoms with Crippen LogP contribution in [-0.4, -0.2) is 43.1 Å². The molecule has 0 unspecified atom stereocenters. The summed E-state index contributed by atoms with van der Waals surface area (Å²) in [5, 5.41) is 0. The van der Waals surface area contributed by atoms with E-state index >= 15 is 0 Å². The lowest BCUT2D eigenvalue weighted by Crippen LogP contribution is -2.35. The number of esters is 1. The number of carbonyl (C=O) groups excluding carboxylic acids is 2. The summed E-state index contributed by atoms with van der Waals surface area (Å²) in [5.41, 5.74) is 0. The maximum Gasteiger partial charge on any atom is 0.307 e. The summed E-state index contributed by atoms with van der Waals surface area (Å²) in [5.74, 6) is 0.507. The topological polar surface area (TPSA) is 55.8 Å². The fourth-order valence-electron chi connectivity index (χ4n) is 2.10. The van der Waals surface area contributed by atoms with Gasteiger partial charge in [-0.25, -0.2) is 0 Å². The Bertz CT molecular complexity index is 461. The molecule has 1 aromatic carbocycles. The number of ether oxygens (including phenoxy) is 2. The lowest BCUT2D eigenvalue weighted by molar-refractivity contribution is -0.144. The number of benzene rings is 1. The molecule has 5 heteroatoms. The summed E-state index contributed by atoms with van der Waals surface area (Å²) in [6, 6.07) is 9.42. The van der Waals surface area contributed by atoms with Crippen LogP contribution in [0.15, 0.2) is 30.3 Å². The van der Waals surface area contributed by atoms with E-state index in [4.69, 9.17) is 9.47 Å². The SMILES string of the molecule is CCCCN(CCC(=O)OCC)C(=O)CCOc1ccccc1. The number of unbranched alkanes of at least 4 members (excludes halogenated alkanes) is 1. The first-order chi connectivity index (χ1) is 11.2. The zero-order chi connectivity index (χ0) is 16.9. The molecule has 0 aliphatic rings. The zero-order valence-corrected chi connectivity index (χ0v) is 14.1. The van der Waals surface area contributed by atoms with E-state index in [-0.39, 0.29) is 18.3 Å². The Balaban J connectivity index is 2.39. The second-order valence-electron chi connectivity index (χ2n) is 5.20. The second kappa shape index (κ2) is 11.5. The van der Waals surface area contributed by atoms with Crippen LogP contribution in [0.3, 0.4) is 0 Å². The minimum atomic E-state index is -0.262. The van der Waals surface area contributed by atoms with Crippen molar-refractivity contribution in [2.24, 2.45) is 0 Å². The Labute approximate surface area is 138 Å². The molecular formula is C18H27NO4. The Hall–Kier alpha value is -2.04. The van der Waals surface area contributed by atoms with Crippen molar-refractivity contribution in [2.75, 3.05) is 26.3 Å². The number of hydrogen-bond acceptors (Lipinski definition) is 4. The van der Waals surface area contributed by atoms with Gasteiger partial charge in [0.25, 0.3) is 0 Å². The summed E-state index contributed by atoms with van der Waals surface area (Å²) in [4.78, 5) is 25.5. The summed E-state index contributed by atoms with van der Waals surface area (Å²) < 4.78 is 10.5. The van der Waals surface area contributed by atoms with Crippen molar-refractivity contribution in [3.8, 4) is 5.75 Å². The highest BCUT2D eigenvalue weighted by Crippen LogP contribution is 2.09. The first-order valence-electron chi connectivity index (χ1n) is 8.28.